The average Bonchev–Trinajstić information content (AvgIpc) is 2.26. The predicted octanol–water partition coefficient (Wildman–Crippen LogP) is 2.77. The van der Waals surface area contributed by atoms with Crippen molar-refractivity contribution in [3.8, 4) is 0 Å². The molecule has 0 aromatic carbocycles. The fourth-order valence-corrected chi connectivity index (χ4v) is 3.86. The maximum Gasteiger partial charge on any atom is 0.303 e. The molecule has 0 bridgehead atoms. The Hall–Kier alpha value is 0.470. The number of nitrogens with one attached hydrogen (secondary N) is 1. The maximum absolute atomic E-state index is 10.4. The van der Waals surface area contributed by atoms with Crippen LogP contribution in [0.25, 0.3) is 0 Å². The monoisotopic (exact) mass is 359 g/mol. The number of aliphatic carboxylic acids is 1. The van der Waals surface area contributed by atoms with Crippen LogP contribution in [0, 0.1) is 0 Å². The van der Waals surface area contributed by atoms with Gasteiger partial charge in [-0.3, -0.25) is 4.79 Å². The first kappa shape index (κ1) is 14.5. The standard InChI is InChI=1S/C10H18INO3S/c11-16-12-10(5-7-15-8-6-10)4-2-1-3-9(13)14/h12H,1-8H2,(H,13,14). The fourth-order valence-electron chi connectivity index (χ4n) is 1.99. The van der Waals surface area contributed by atoms with Gasteiger partial charge in [0.05, 0.1) is 0 Å². The first-order chi connectivity index (χ1) is 7.68. The van der Waals surface area contributed by atoms with Crippen molar-refractivity contribution in [1.82, 2.24) is 4.72 Å². The molecule has 1 aliphatic rings. The van der Waals surface area contributed by atoms with E-state index in [2.05, 4.69) is 25.9 Å². The summed E-state index contributed by atoms with van der Waals surface area (Å²) in [5, 5.41) is 8.58. The number of ether oxygens (including phenoxy) is 1. The number of rotatable bonds is 7. The highest BCUT2D eigenvalue weighted by Gasteiger charge is 2.31. The zero-order chi connectivity index (χ0) is 11.9. The van der Waals surface area contributed by atoms with Crippen LogP contribution in [0.4, 0.5) is 0 Å². The van der Waals surface area contributed by atoms with E-state index in [0.29, 0.717) is 0 Å². The third-order valence-corrected chi connectivity index (χ3v) is 4.17. The van der Waals surface area contributed by atoms with Crippen molar-refractivity contribution in [1.29, 1.82) is 0 Å². The Morgan fingerprint density at radius 1 is 1.44 bits per heavy atom. The van der Waals surface area contributed by atoms with E-state index in [-0.39, 0.29) is 12.0 Å². The van der Waals surface area contributed by atoms with Gasteiger partial charge in [-0.1, -0.05) is 6.42 Å². The van der Waals surface area contributed by atoms with Gasteiger partial charge in [-0.25, -0.2) is 4.72 Å². The minimum atomic E-state index is -0.697. The summed E-state index contributed by atoms with van der Waals surface area (Å²) in [5.41, 5.74) is 0.155. The molecule has 0 unspecified atom stereocenters. The van der Waals surface area contributed by atoms with Crippen molar-refractivity contribution in [2.24, 2.45) is 0 Å². The van der Waals surface area contributed by atoms with Crippen LogP contribution in [-0.4, -0.2) is 29.8 Å². The van der Waals surface area contributed by atoms with Crippen molar-refractivity contribution in [2.75, 3.05) is 13.2 Å². The molecule has 0 radical (unpaired) electrons. The van der Waals surface area contributed by atoms with Crippen LogP contribution in [-0.2, 0) is 9.53 Å². The van der Waals surface area contributed by atoms with Gasteiger partial charge in [0, 0.05) is 46.4 Å². The predicted molar refractivity (Wildman–Crippen MR) is 73.6 cm³/mol. The number of carbonyl (C=O) groups is 1. The van der Waals surface area contributed by atoms with Crippen LogP contribution in [0.5, 0.6) is 0 Å². The third-order valence-electron chi connectivity index (χ3n) is 3.00. The van der Waals surface area contributed by atoms with Crippen molar-refractivity contribution in [3.63, 3.8) is 0 Å². The molecule has 0 aliphatic carbocycles. The molecule has 94 valence electrons. The lowest BCUT2D eigenvalue weighted by Gasteiger charge is -2.37. The van der Waals surface area contributed by atoms with E-state index >= 15 is 0 Å². The molecule has 2 N–H and O–H groups in total. The number of carboxylic acids is 1. The van der Waals surface area contributed by atoms with E-state index in [0.717, 1.165) is 45.3 Å². The van der Waals surface area contributed by atoms with Gasteiger partial charge >= 0.3 is 5.97 Å². The summed E-state index contributed by atoms with van der Waals surface area (Å²) in [6, 6.07) is 0. The third kappa shape index (κ3) is 5.20. The quantitative estimate of drug-likeness (QED) is 0.416. The number of unbranched alkanes of at least 4 members (excludes halogenated alkanes) is 1. The number of halogens is 1. The Morgan fingerprint density at radius 3 is 2.69 bits per heavy atom. The molecule has 1 fully saturated rings. The Labute approximate surface area is 113 Å². The summed E-state index contributed by atoms with van der Waals surface area (Å²) in [4.78, 5) is 10.4. The van der Waals surface area contributed by atoms with Crippen molar-refractivity contribution >= 4 is 36.3 Å². The molecule has 6 heteroatoms. The zero-order valence-electron chi connectivity index (χ0n) is 9.21. The lowest BCUT2D eigenvalue weighted by molar-refractivity contribution is -0.137. The van der Waals surface area contributed by atoms with E-state index in [1.807, 2.05) is 0 Å². The van der Waals surface area contributed by atoms with Gasteiger partial charge in [-0.2, -0.15) is 0 Å². The highest BCUT2D eigenvalue weighted by atomic mass is 127. The molecule has 1 heterocycles. The molecule has 0 saturated carbocycles. The van der Waals surface area contributed by atoms with Gasteiger partial charge in [0.2, 0.25) is 0 Å². The van der Waals surface area contributed by atoms with E-state index in [1.54, 1.807) is 9.12 Å². The average molecular weight is 359 g/mol. The lowest BCUT2D eigenvalue weighted by Crippen LogP contribution is -2.45. The molecule has 0 aromatic rings. The topological polar surface area (TPSA) is 58.6 Å². The van der Waals surface area contributed by atoms with Crippen LogP contribution < -0.4 is 4.72 Å². The van der Waals surface area contributed by atoms with Crippen molar-refractivity contribution in [3.05, 3.63) is 0 Å². The number of hydrogen-bond acceptors (Lipinski definition) is 4. The van der Waals surface area contributed by atoms with E-state index in [4.69, 9.17) is 9.84 Å². The Kier molecular flexibility index (Phi) is 7.02. The summed E-state index contributed by atoms with van der Waals surface area (Å²) in [6.07, 6.45) is 5.11. The van der Waals surface area contributed by atoms with Gasteiger partial charge in [0.25, 0.3) is 0 Å². The first-order valence-corrected chi connectivity index (χ1v) is 8.89. The highest BCUT2D eigenvalue weighted by molar-refractivity contribution is 14.2. The van der Waals surface area contributed by atoms with Crippen molar-refractivity contribution < 1.29 is 14.6 Å². The molecule has 0 aromatic heterocycles. The van der Waals surface area contributed by atoms with Gasteiger partial charge in [0.1, 0.15) is 0 Å². The number of carboxylic acid groups (broad SMARTS) is 1. The summed E-state index contributed by atoms with van der Waals surface area (Å²) in [6.45, 7) is 1.62. The highest BCUT2D eigenvalue weighted by Crippen LogP contribution is 2.30. The molecule has 16 heavy (non-hydrogen) atoms. The van der Waals surface area contributed by atoms with Crippen LogP contribution in [0.2, 0.25) is 0 Å². The van der Waals surface area contributed by atoms with Gasteiger partial charge in [-0.05, 0) is 34.8 Å². The Bertz CT molecular complexity index is 217. The second kappa shape index (κ2) is 7.73. The fraction of sp³-hybridized carbons (Fsp3) is 0.900. The molecule has 1 saturated heterocycles. The SMILES string of the molecule is O=C(O)CCCCC1(NSI)CCOCC1. The normalized spacial score (nSPS) is 19.6. The van der Waals surface area contributed by atoms with Gasteiger partial charge in [-0.15, -0.1) is 0 Å². The Morgan fingerprint density at radius 2 is 2.12 bits per heavy atom. The largest absolute Gasteiger partial charge is 0.481 e. The molecule has 0 amide bonds. The molecular formula is C10H18INO3S. The van der Waals surface area contributed by atoms with Crippen molar-refractivity contribution in [2.45, 2.75) is 44.1 Å². The Balaban J connectivity index is 2.29. The maximum atomic E-state index is 10.4. The van der Waals surface area contributed by atoms with E-state index in [9.17, 15) is 4.79 Å². The summed E-state index contributed by atoms with van der Waals surface area (Å²) < 4.78 is 8.83. The minimum Gasteiger partial charge on any atom is -0.481 e. The smallest absolute Gasteiger partial charge is 0.303 e. The van der Waals surface area contributed by atoms with Crippen LogP contribution in [0.15, 0.2) is 0 Å². The van der Waals surface area contributed by atoms with Crippen LogP contribution in [0.1, 0.15) is 38.5 Å². The van der Waals surface area contributed by atoms with Gasteiger partial charge < -0.3 is 9.84 Å². The molecular weight excluding hydrogens is 341 g/mol. The second-order valence-electron chi connectivity index (χ2n) is 4.17. The molecule has 4 nitrogen and oxygen atoms in total. The molecule has 0 spiro atoms. The van der Waals surface area contributed by atoms with Gasteiger partial charge in [0.15, 0.2) is 0 Å². The lowest BCUT2D eigenvalue weighted by atomic mass is 9.86. The first-order valence-electron chi connectivity index (χ1n) is 5.53. The summed E-state index contributed by atoms with van der Waals surface area (Å²) >= 11 is 2.24. The van der Waals surface area contributed by atoms with E-state index < -0.39 is 5.97 Å². The minimum absolute atomic E-state index is 0.155. The molecule has 1 rings (SSSR count). The summed E-state index contributed by atoms with van der Waals surface area (Å²) in [5.74, 6) is -0.697. The van der Waals surface area contributed by atoms with E-state index in [1.165, 1.54) is 0 Å². The molecule has 0 atom stereocenters. The van der Waals surface area contributed by atoms with Crippen LogP contribution in [0.3, 0.4) is 0 Å². The molecule has 1 aliphatic heterocycles. The second-order valence-corrected chi connectivity index (χ2v) is 5.85. The summed E-state index contributed by atoms with van der Waals surface area (Å²) in [7, 11) is 1.62. The van der Waals surface area contributed by atoms with Crippen LogP contribution >= 0.6 is 30.3 Å². The number of hydrogen-bond donors (Lipinski definition) is 2. The zero-order valence-corrected chi connectivity index (χ0v) is 12.2.